The minimum atomic E-state index is -0.306. The smallest absolute Gasteiger partial charge is 0.231 e. The van der Waals surface area contributed by atoms with Gasteiger partial charge in [-0.05, 0) is 24.3 Å². The van der Waals surface area contributed by atoms with Crippen molar-refractivity contribution >= 4 is 11.6 Å². The van der Waals surface area contributed by atoms with Crippen LogP contribution in [0.2, 0.25) is 0 Å². The van der Waals surface area contributed by atoms with Crippen molar-refractivity contribution in [2.45, 2.75) is 25.4 Å². The number of hydrogen-bond acceptors (Lipinski definition) is 2. The summed E-state index contributed by atoms with van der Waals surface area (Å²) in [6.07, 6.45) is 2.16. The van der Waals surface area contributed by atoms with Gasteiger partial charge in [0, 0.05) is 17.9 Å². The van der Waals surface area contributed by atoms with E-state index in [4.69, 9.17) is 4.74 Å². The highest BCUT2D eigenvalue weighted by atomic mass is 16.5. The number of benzene rings is 1. The number of carbonyl (C=O) groups is 1. The second kappa shape index (κ2) is 3.35. The molecule has 1 aliphatic carbocycles. The van der Waals surface area contributed by atoms with Crippen molar-refractivity contribution in [3.05, 3.63) is 29.8 Å². The normalized spacial score (nSPS) is 40.3. The van der Waals surface area contributed by atoms with Crippen molar-refractivity contribution in [3.8, 4) is 0 Å². The Balaban J connectivity index is 1.91. The van der Waals surface area contributed by atoms with Crippen LogP contribution in [0.1, 0.15) is 25.3 Å². The van der Waals surface area contributed by atoms with Crippen molar-refractivity contribution in [2.24, 2.45) is 17.8 Å². The Kier molecular flexibility index (Phi) is 1.97. The summed E-state index contributed by atoms with van der Waals surface area (Å²) in [5.74, 6) is 1.18. The lowest BCUT2D eigenvalue weighted by Crippen LogP contribution is -2.64. The Morgan fingerprint density at radius 2 is 2.28 bits per heavy atom. The van der Waals surface area contributed by atoms with Crippen molar-refractivity contribution < 1.29 is 9.53 Å². The Bertz CT molecular complexity index is 527. The molecule has 3 nitrogen and oxygen atoms in total. The first kappa shape index (κ1) is 10.6. The predicted octanol–water partition coefficient (Wildman–Crippen LogP) is 2.53. The number of nitrogens with one attached hydrogen (secondary N) is 1. The van der Waals surface area contributed by atoms with Gasteiger partial charge < -0.3 is 10.1 Å². The fourth-order valence-corrected chi connectivity index (χ4v) is 4.46. The third kappa shape index (κ3) is 0.985. The van der Waals surface area contributed by atoms with Gasteiger partial charge in [-0.2, -0.15) is 0 Å². The third-order valence-electron chi connectivity index (χ3n) is 5.09. The molecule has 2 heterocycles. The summed E-state index contributed by atoms with van der Waals surface area (Å²) in [5, 5.41) is 3.04. The van der Waals surface area contributed by atoms with Crippen LogP contribution in [0.5, 0.6) is 0 Å². The van der Waals surface area contributed by atoms with Crippen molar-refractivity contribution in [2.75, 3.05) is 11.9 Å². The molecule has 4 rings (SSSR count). The molecule has 94 valence electrons. The molecule has 2 aliphatic heterocycles. The van der Waals surface area contributed by atoms with E-state index in [-0.39, 0.29) is 17.4 Å². The lowest BCUT2D eigenvalue weighted by Gasteiger charge is -2.58. The van der Waals surface area contributed by atoms with Crippen LogP contribution in [-0.2, 0) is 15.1 Å². The SMILES string of the molecule is CC[C@H]1[C@H]2CCO[C@]23c2ccccc2NC(=O)[C@H]13. The molecule has 3 aliphatic rings. The van der Waals surface area contributed by atoms with Crippen molar-refractivity contribution in [3.63, 3.8) is 0 Å². The Morgan fingerprint density at radius 1 is 1.44 bits per heavy atom. The van der Waals surface area contributed by atoms with E-state index in [1.165, 1.54) is 5.56 Å². The van der Waals surface area contributed by atoms with E-state index in [1.54, 1.807) is 0 Å². The molecule has 0 unspecified atom stereocenters. The van der Waals surface area contributed by atoms with Crippen LogP contribution in [0, 0.1) is 17.8 Å². The Morgan fingerprint density at radius 3 is 3.11 bits per heavy atom. The topological polar surface area (TPSA) is 38.3 Å². The molecule has 0 radical (unpaired) electrons. The molecule has 1 amide bonds. The first-order chi connectivity index (χ1) is 8.79. The molecular weight excluding hydrogens is 226 g/mol. The fourth-order valence-electron chi connectivity index (χ4n) is 4.46. The van der Waals surface area contributed by atoms with Gasteiger partial charge in [-0.1, -0.05) is 31.5 Å². The van der Waals surface area contributed by atoms with E-state index >= 15 is 0 Å². The van der Waals surface area contributed by atoms with Gasteiger partial charge in [0.2, 0.25) is 5.91 Å². The van der Waals surface area contributed by atoms with E-state index in [0.717, 1.165) is 25.1 Å². The molecule has 4 atom stereocenters. The summed E-state index contributed by atoms with van der Waals surface area (Å²) < 4.78 is 6.11. The summed E-state index contributed by atoms with van der Waals surface area (Å²) >= 11 is 0. The van der Waals surface area contributed by atoms with Crippen LogP contribution >= 0.6 is 0 Å². The summed E-state index contributed by atoms with van der Waals surface area (Å²) in [5.41, 5.74) is 1.83. The van der Waals surface area contributed by atoms with Crippen LogP contribution in [0.25, 0.3) is 0 Å². The standard InChI is InChI=1S/C15H17NO2/c1-2-9-10-7-8-18-15(10)11-5-3-4-6-12(11)16-14(17)13(9)15/h3-6,9-10,13H,2,7-8H2,1H3,(H,16,17)/t9-,10+,13-,15-/m0/s1. The summed E-state index contributed by atoms with van der Waals surface area (Å²) in [4.78, 5) is 12.3. The van der Waals surface area contributed by atoms with Crippen molar-refractivity contribution in [1.29, 1.82) is 0 Å². The van der Waals surface area contributed by atoms with Gasteiger partial charge in [-0.25, -0.2) is 0 Å². The van der Waals surface area contributed by atoms with E-state index in [0.29, 0.717) is 11.8 Å². The number of para-hydroxylation sites is 1. The quantitative estimate of drug-likeness (QED) is 0.823. The molecule has 1 spiro atoms. The molecule has 1 aromatic rings. The van der Waals surface area contributed by atoms with Gasteiger partial charge in [-0.3, -0.25) is 4.79 Å². The zero-order chi connectivity index (χ0) is 12.3. The maximum Gasteiger partial charge on any atom is 0.231 e. The van der Waals surface area contributed by atoms with Crippen molar-refractivity contribution in [1.82, 2.24) is 0 Å². The molecule has 0 aromatic heterocycles. The van der Waals surface area contributed by atoms with Crippen LogP contribution in [0.15, 0.2) is 24.3 Å². The van der Waals surface area contributed by atoms with Crippen LogP contribution < -0.4 is 5.32 Å². The number of ether oxygens (including phenoxy) is 1. The summed E-state index contributed by atoms with van der Waals surface area (Å²) in [7, 11) is 0. The predicted molar refractivity (Wildman–Crippen MR) is 68.1 cm³/mol. The van der Waals surface area contributed by atoms with E-state index < -0.39 is 0 Å². The second-order valence-corrected chi connectivity index (χ2v) is 5.62. The van der Waals surface area contributed by atoms with Gasteiger partial charge in [0.15, 0.2) is 0 Å². The largest absolute Gasteiger partial charge is 0.369 e. The number of hydrogen-bond donors (Lipinski definition) is 1. The van der Waals surface area contributed by atoms with Gasteiger partial charge >= 0.3 is 0 Å². The molecular formula is C15H17NO2. The average Bonchev–Trinajstić information content (AvgIpc) is 2.70. The van der Waals surface area contributed by atoms with Crippen LogP contribution in [0.3, 0.4) is 0 Å². The van der Waals surface area contributed by atoms with E-state index in [2.05, 4.69) is 18.3 Å². The Labute approximate surface area is 107 Å². The third-order valence-corrected chi connectivity index (χ3v) is 5.09. The molecule has 2 fully saturated rings. The molecule has 1 saturated heterocycles. The average molecular weight is 243 g/mol. The van der Waals surface area contributed by atoms with Gasteiger partial charge in [0.25, 0.3) is 0 Å². The Hall–Kier alpha value is -1.35. The lowest BCUT2D eigenvalue weighted by atomic mass is 9.49. The molecule has 0 bridgehead atoms. The fraction of sp³-hybridized carbons (Fsp3) is 0.533. The maximum absolute atomic E-state index is 12.3. The van der Waals surface area contributed by atoms with Gasteiger partial charge in [0.1, 0.15) is 5.60 Å². The highest BCUT2D eigenvalue weighted by molar-refractivity contribution is 5.98. The number of rotatable bonds is 1. The zero-order valence-corrected chi connectivity index (χ0v) is 10.5. The first-order valence-electron chi connectivity index (χ1n) is 6.83. The molecule has 18 heavy (non-hydrogen) atoms. The molecule has 1 saturated carbocycles. The monoisotopic (exact) mass is 243 g/mol. The number of amides is 1. The van der Waals surface area contributed by atoms with Crippen LogP contribution in [-0.4, -0.2) is 12.5 Å². The van der Waals surface area contributed by atoms with Gasteiger partial charge in [0.05, 0.1) is 5.92 Å². The molecule has 3 heteroatoms. The minimum Gasteiger partial charge on any atom is -0.369 e. The van der Waals surface area contributed by atoms with Crippen LogP contribution in [0.4, 0.5) is 5.69 Å². The molecule has 1 aromatic carbocycles. The summed E-state index contributed by atoms with van der Waals surface area (Å²) in [6.45, 7) is 2.97. The highest BCUT2D eigenvalue weighted by Gasteiger charge is 2.69. The number of anilines is 1. The number of fused-ring (bicyclic) bond motifs is 1. The highest BCUT2D eigenvalue weighted by Crippen LogP contribution is 2.66. The maximum atomic E-state index is 12.3. The minimum absolute atomic E-state index is 0.0184. The van der Waals surface area contributed by atoms with E-state index in [9.17, 15) is 4.79 Å². The van der Waals surface area contributed by atoms with E-state index in [1.807, 2.05) is 18.2 Å². The second-order valence-electron chi connectivity index (χ2n) is 5.62. The molecule has 1 N–H and O–H groups in total. The number of carbonyl (C=O) groups excluding carboxylic acids is 1. The zero-order valence-electron chi connectivity index (χ0n) is 10.5. The van der Waals surface area contributed by atoms with Gasteiger partial charge in [-0.15, -0.1) is 0 Å². The first-order valence-corrected chi connectivity index (χ1v) is 6.83. The lowest BCUT2D eigenvalue weighted by molar-refractivity contribution is -0.192. The summed E-state index contributed by atoms with van der Waals surface area (Å²) in [6, 6.07) is 8.11.